The van der Waals surface area contributed by atoms with Crippen LogP contribution in [-0.2, 0) is 6.42 Å². The summed E-state index contributed by atoms with van der Waals surface area (Å²) in [5.74, 6) is 0.830. The Hall–Kier alpha value is -1.90. The average Bonchev–Trinajstić information content (AvgIpc) is 3.04. The van der Waals surface area contributed by atoms with Gasteiger partial charge in [0.15, 0.2) is 0 Å². The summed E-state index contributed by atoms with van der Waals surface area (Å²) in [6.07, 6.45) is 1.79. The first-order valence-corrected chi connectivity index (χ1v) is 11.8. The fraction of sp³-hybridized carbons (Fsp3) is 0.318. The molecule has 0 spiro atoms. The van der Waals surface area contributed by atoms with Gasteiger partial charge in [-0.15, -0.1) is 0 Å². The van der Waals surface area contributed by atoms with Crippen molar-refractivity contribution in [3.05, 3.63) is 62.7 Å². The molecule has 0 amide bonds. The van der Waals surface area contributed by atoms with E-state index in [1.165, 1.54) is 29.4 Å². The molecule has 2 aromatic carbocycles. The molecule has 0 radical (unpaired) electrons. The van der Waals surface area contributed by atoms with Crippen LogP contribution in [0.2, 0.25) is 10.0 Å². The molecule has 0 saturated carbocycles. The highest BCUT2D eigenvalue weighted by molar-refractivity contribution is 8.04. The number of aryl methyl sites for hydroxylation is 1. The van der Waals surface area contributed by atoms with Crippen molar-refractivity contribution in [1.82, 2.24) is 0 Å². The van der Waals surface area contributed by atoms with Gasteiger partial charge in [-0.3, -0.25) is 0 Å². The van der Waals surface area contributed by atoms with Crippen LogP contribution in [0.5, 0.6) is 0 Å². The van der Waals surface area contributed by atoms with Crippen molar-refractivity contribution in [3.63, 3.8) is 0 Å². The largest absolute Gasteiger partial charge is 0.374 e. The van der Waals surface area contributed by atoms with Crippen molar-refractivity contribution >= 4 is 57.9 Å². The quantitative estimate of drug-likeness (QED) is 0.663. The summed E-state index contributed by atoms with van der Waals surface area (Å²) in [5, 5.41) is 1.86. The van der Waals surface area contributed by atoms with Gasteiger partial charge < -0.3 is 26.2 Å². The highest BCUT2D eigenvalue weighted by atomic mass is 35.5. The van der Waals surface area contributed by atoms with E-state index in [0.717, 1.165) is 35.2 Å². The summed E-state index contributed by atoms with van der Waals surface area (Å²) in [7, 11) is 2.13. The topological polar surface area (TPSA) is 74.1 Å². The third kappa shape index (κ3) is 3.39. The number of fused-ring (bicyclic) bond motifs is 1. The van der Waals surface area contributed by atoms with Crippen LogP contribution < -0.4 is 26.2 Å². The predicted octanol–water partition coefficient (Wildman–Crippen LogP) is 4.56. The van der Waals surface area contributed by atoms with Gasteiger partial charge in [-0.2, -0.15) is 0 Å². The lowest BCUT2D eigenvalue weighted by Crippen LogP contribution is -2.53. The summed E-state index contributed by atoms with van der Waals surface area (Å²) in [4.78, 5) is 11.1. The Labute approximate surface area is 196 Å². The molecule has 2 aromatic rings. The number of halogens is 2. The fourth-order valence-corrected chi connectivity index (χ4v) is 6.21. The number of aliphatic imine (C=N–C) groups is 1. The lowest BCUT2D eigenvalue weighted by molar-refractivity contribution is 0.714. The lowest BCUT2D eigenvalue weighted by atomic mass is 10.0. The molecule has 3 aliphatic heterocycles. The molecular weight excluding hydrogens is 451 g/mol. The monoisotopic (exact) mass is 474 g/mol. The predicted molar refractivity (Wildman–Crippen MR) is 133 cm³/mol. The van der Waals surface area contributed by atoms with E-state index in [4.69, 9.17) is 39.7 Å². The second kappa shape index (κ2) is 7.90. The number of para-hydroxylation sites is 1. The number of amidine groups is 1. The summed E-state index contributed by atoms with van der Waals surface area (Å²) < 4.78 is 0. The van der Waals surface area contributed by atoms with Gasteiger partial charge in [-0.25, -0.2) is 4.99 Å². The molecule has 6 nitrogen and oxygen atoms in total. The van der Waals surface area contributed by atoms with E-state index in [1.54, 1.807) is 12.1 Å². The molecular formula is C22H24Cl2N6S. The van der Waals surface area contributed by atoms with Crippen LogP contribution in [0, 0.1) is 0 Å². The van der Waals surface area contributed by atoms with Crippen molar-refractivity contribution in [3.8, 4) is 0 Å². The Morgan fingerprint density at radius 3 is 2.58 bits per heavy atom. The number of hydrogen-bond acceptors (Lipinski definition) is 7. The van der Waals surface area contributed by atoms with Crippen LogP contribution in [0.4, 0.5) is 17.1 Å². The molecule has 0 saturated heterocycles. The van der Waals surface area contributed by atoms with E-state index >= 15 is 0 Å². The average molecular weight is 475 g/mol. The first kappa shape index (κ1) is 21.0. The SMILES string of the molecule is CC1=NC2=C(C(N)N1c1ccc3c(c1)N(C)CCC3)N(c1c(Cl)cccc1Cl)C(N)S2. The molecule has 2 atom stereocenters. The Morgan fingerprint density at radius 1 is 1.10 bits per heavy atom. The van der Waals surface area contributed by atoms with Crippen LogP contribution in [0.3, 0.4) is 0 Å². The number of nitrogens with two attached hydrogens (primary N) is 2. The number of nitrogens with zero attached hydrogens (tertiary/aromatic N) is 4. The van der Waals surface area contributed by atoms with Crippen molar-refractivity contribution in [2.45, 2.75) is 31.4 Å². The molecule has 0 bridgehead atoms. The summed E-state index contributed by atoms with van der Waals surface area (Å²) in [5.41, 5.74) is 18.0. The minimum absolute atomic E-state index is 0.417. The molecule has 5 rings (SSSR count). The second-order valence-corrected chi connectivity index (χ2v) is 9.87. The van der Waals surface area contributed by atoms with Gasteiger partial charge in [-0.05, 0) is 49.6 Å². The highest BCUT2D eigenvalue weighted by Gasteiger charge is 2.42. The van der Waals surface area contributed by atoms with E-state index in [1.807, 2.05) is 17.9 Å². The van der Waals surface area contributed by atoms with Gasteiger partial charge in [-0.1, -0.05) is 47.1 Å². The summed E-state index contributed by atoms with van der Waals surface area (Å²) >= 11 is 14.5. The zero-order valence-electron chi connectivity index (χ0n) is 17.3. The number of anilines is 3. The van der Waals surface area contributed by atoms with Crippen molar-refractivity contribution in [2.75, 3.05) is 28.3 Å². The van der Waals surface area contributed by atoms with E-state index < -0.39 is 11.7 Å². The molecule has 3 aliphatic rings. The zero-order chi connectivity index (χ0) is 21.9. The van der Waals surface area contributed by atoms with E-state index in [2.05, 4.69) is 35.0 Å². The summed E-state index contributed by atoms with van der Waals surface area (Å²) in [6.45, 7) is 3.03. The second-order valence-electron chi connectivity index (χ2n) is 7.95. The fourth-order valence-electron chi connectivity index (χ4n) is 4.55. The van der Waals surface area contributed by atoms with Gasteiger partial charge in [0.2, 0.25) is 0 Å². The maximum atomic E-state index is 6.86. The highest BCUT2D eigenvalue weighted by Crippen LogP contribution is 2.48. The van der Waals surface area contributed by atoms with E-state index in [-0.39, 0.29) is 0 Å². The molecule has 2 unspecified atom stereocenters. The minimum Gasteiger partial charge on any atom is -0.374 e. The minimum atomic E-state index is -0.479. The molecule has 0 aliphatic carbocycles. The molecule has 9 heteroatoms. The van der Waals surface area contributed by atoms with Gasteiger partial charge in [0.1, 0.15) is 22.5 Å². The van der Waals surface area contributed by atoms with Gasteiger partial charge in [0, 0.05) is 25.0 Å². The first-order chi connectivity index (χ1) is 14.9. The Morgan fingerprint density at radius 2 is 1.84 bits per heavy atom. The molecule has 31 heavy (non-hydrogen) atoms. The van der Waals surface area contributed by atoms with E-state index in [0.29, 0.717) is 15.7 Å². The Bertz CT molecular complexity index is 1100. The molecule has 162 valence electrons. The third-order valence-electron chi connectivity index (χ3n) is 6.01. The first-order valence-electron chi connectivity index (χ1n) is 10.2. The third-order valence-corrected chi connectivity index (χ3v) is 7.60. The van der Waals surface area contributed by atoms with Crippen LogP contribution in [0.15, 0.2) is 52.1 Å². The molecule has 4 N–H and O–H groups in total. The van der Waals surface area contributed by atoms with Crippen molar-refractivity contribution in [1.29, 1.82) is 0 Å². The lowest BCUT2D eigenvalue weighted by Gasteiger charge is -2.39. The standard InChI is InChI=1S/C22H24Cl2N6S/c1-12-27-21-19(30(22(26)31-21)18-15(23)6-3-7-16(18)24)20(25)29(12)14-9-8-13-5-4-10-28(2)17(13)11-14/h3,6-9,11,20,22H,4-5,10,25-26H2,1-2H3. The van der Waals surface area contributed by atoms with Crippen molar-refractivity contribution < 1.29 is 0 Å². The Kier molecular flexibility index (Phi) is 5.35. The molecule has 3 heterocycles. The number of hydrogen-bond donors (Lipinski definition) is 2. The van der Waals surface area contributed by atoms with E-state index in [9.17, 15) is 0 Å². The molecule has 0 aromatic heterocycles. The van der Waals surface area contributed by atoms with Gasteiger partial charge >= 0.3 is 0 Å². The zero-order valence-corrected chi connectivity index (χ0v) is 19.7. The Balaban J connectivity index is 1.58. The maximum absolute atomic E-state index is 6.86. The smallest absolute Gasteiger partial charge is 0.136 e. The van der Waals surface area contributed by atoms with Crippen LogP contribution >= 0.6 is 35.0 Å². The molecule has 0 fully saturated rings. The van der Waals surface area contributed by atoms with Crippen LogP contribution in [0.25, 0.3) is 0 Å². The van der Waals surface area contributed by atoms with Crippen LogP contribution in [0.1, 0.15) is 18.9 Å². The van der Waals surface area contributed by atoms with Gasteiger partial charge in [0.05, 0.1) is 21.4 Å². The van der Waals surface area contributed by atoms with Crippen LogP contribution in [-0.4, -0.2) is 31.1 Å². The number of thioether (sulfide) groups is 1. The maximum Gasteiger partial charge on any atom is 0.136 e. The summed E-state index contributed by atoms with van der Waals surface area (Å²) in [6, 6.07) is 11.9. The number of benzene rings is 2. The number of rotatable bonds is 2. The van der Waals surface area contributed by atoms with Crippen molar-refractivity contribution in [2.24, 2.45) is 16.5 Å². The normalized spacial score (nSPS) is 23.2. The van der Waals surface area contributed by atoms with Gasteiger partial charge in [0.25, 0.3) is 0 Å².